The number of rotatable bonds is 3. The Balaban J connectivity index is 2.95. The quantitative estimate of drug-likeness (QED) is 0.879. The molecule has 0 aliphatic carbocycles. The number of phenolic OH excluding ortho intramolecular Hbond substituents is 1. The Kier molecular flexibility index (Phi) is 4.37. The van der Waals surface area contributed by atoms with Crippen molar-refractivity contribution in [3.8, 4) is 11.5 Å². The number of aromatic hydroxyl groups is 1. The van der Waals surface area contributed by atoms with Crippen molar-refractivity contribution in [3.63, 3.8) is 0 Å². The van der Waals surface area contributed by atoms with E-state index in [1.165, 1.54) is 6.07 Å². The maximum Gasteiger partial charge on any atom is 0.415 e. The summed E-state index contributed by atoms with van der Waals surface area (Å²) in [6.45, 7) is 8.66. The minimum absolute atomic E-state index is 0.00592. The van der Waals surface area contributed by atoms with Gasteiger partial charge >= 0.3 is 6.09 Å². The van der Waals surface area contributed by atoms with Crippen LogP contribution in [0.3, 0.4) is 0 Å². The van der Waals surface area contributed by atoms with E-state index < -0.39 is 6.09 Å². The smallest absolute Gasteiger partial charge is 0.415 e. The molecule has 0 spiro atoms. The summed E-state index contributed by atoms with van der Waals surface area (Å²) in [5.74, 6) is 0.246. The van der Waals surface area contributed by atoms with E-state index in [9.17, 15) is 9.90 Å². The van der Waals surface area contributed by atoms with Crippen LogP contribution in [0, 0.1) is 13.8 Å². The molecule has 0 aromatic heterocycles. The normalized spacial score (nSPS) is 10.1. The Morgan fingerprint density at radius 2 is 1.88 bits per heavy atom. The molecule has 0 aliphatic rings. The van der Waals surface area contributed by atoms with Crippen LogP contribution >= 0.6 is 0 Å². The van der Waals surface area contributed by atoms with Gasteiger partial charge in [-0.3, -0.25) is 0 Å². The van der Waals surface area contributed by atoms with Crippen LogP contribution in [0.2, 0.25) is 0 Å². The van der Waals surface area contributed by atoms with Gasteiger partial charge in [0.15, 0.2) is 11.5 Å². The molecule has 0 heterocycles. The Morgan fingerprint density at radius 1 is 1.29 bits per heavy atom. The Bertz CT molecular complexity index is 411. The van der Waals surface area contributed by atoms with Crippen LogP contribution in [0.25, 0.3) is 0 Å². The van der Waals surface area contributed by atoms with E-state index in [-0.39, 0.29) is 11.5 Å². The van der Waals surface area contributed by atoms with Gasteiger partial charge in [-0.1, -0.05) is 6.07 Å². The maximum atomic E-state index is 11.8. The van der Waals surface area contributed by atoms with Gasteiger partial charge in [0.05, 0.1) is 0 Å². The minimum atomic E-state index is -0.431. The molecule has 0 bridgehead atoms. The molecule has 17 heavy (non-hydrogen) atoms. The van der Waals surface area contributed by atoms with Gasteiger partial charge < -0.3 is 14.7 Å². The van der Waals surface area contributed by atoms with Crippen LogP contribution in [-0.2, 0) is 0 Å². The number of ether oxygens (including phenoxy) is 1. The summed E-state index contributed by atoms with van der Waals surface area (Å²) in [6.07, 6.45) is -0.431. The lowest BCUT2D eigenvalue weighted by atomic mass is 10.1. The number of amides is 1. The Hall–Kier alpha value is -1.71. The summed E-state index contributed by atoms with van der Waals surface area (Å²) in [4.78, 5) is 13.3. The monoisotopic (exact) mass is 237 g/mol. The van der Waals surface area contributed by atoms with E-state index in [1.54, 1.807) is 11.0 Å². The van der Waals surface area contributed by atoms with Crippen molar-refractivity contribution in [2.75, 3.05) is 13.1 Å². The van der Waals surface area contributed by atoms with Gasteiger partial charge in [-0.2, -0.15) is 0 Å². The number of benzene rings is 1. The molecule has 0 radical (unpaired) electrons. The van der Waals surface area contributed by atoms with Crippen LogP contribution in [0.1, 0.15) is 25.0 Å². The van der Waals surface area contributed by atoms with Crippen LogP contribution in [0.5, 0.6) is 11.5 Å². The predicted molar refractivity (Wildman–Crippen MR) is 66.5 cm³/mol. The molecule has 1 amide bonds. The van der Waals surface area contributed by atoms with Crippen molar-refractivity contribution in [3.05, 3.63) is 23.3 Å². The second kappa shape index (κ2) is 5.57. The van der Waals surface area contributed by atoms with E-state index in [1.807, 2.05) is 27.7 Å². The largest absolute Gasteiger partial charge is 0.504 e. The highest BCUT2D eigenvalue weighted by Crippen LogP contribution is 2.32. The van der Waals surface area contributed by atoms with E-state index in [0.29, 0.717) is 13.1 Å². The van der Waals surface area contributed by atoms with Gasteiger partial charge in [-0.05, 0) is 44.9 Å². The molecule has 1 N–H and O–H groups in total. The van der Waals surface area contributed by atoms with Crippen molar-refractivity contribution in [1.82, 2.24) is 4.90 Å². The molecular weight excluding hydrogens is 218 g/mol. The fraction of sp³-hybridized carbons (Fsp3) is 0.462. The minimum Gasteiger partial charge on any atom is -0.504 e. The molecule has 4 nitrogen and oxygen atoms in total. The number of hydrogen-bond acceptors (Lipinski definition) is 3. The van der Waals surface area contributed by atoms with Crippen LogP contribution in [-0.4, -0.2) is 29.2 Å². The number of phenols is 1. The number of hydrogen-bond donors (Lipinski definition) is 1. The van der Waals surface area contributed by atoms with Gasteiger partial charge in [0.2, 0.25) is 0 Å². The summed E-state index contributed by atoms with van der Waals surface area (Å²) in [7, 11) is 0. The molecular formula is C13H19NO3. The van der Waals surface area contributed by atoms with Gasteiger partial charge in [0.25, 0.3) is 0 Å². The van der Waals surface area contributed by atoms with Gasteiger partial charge in [0, 0.05) is 13.1 Å². The molecule has 1 rings (SSSR count). The highest BCUT2D eigenvalue weighted by atomic mass is 16.6. The molecule has 0 unspecified atom stereocenters. The van der Waals surface area contributed by atoms with Crippen molar-refractivity contribution < 1.29 is 14.6 Å². The third kappa shape index (κ3) is 2.90. The number of aryl methyl sites for hydroxylation is 1. The van der Waals surface area contributed by atoms with Crippen molar-refractivity contribution >= 4 is 6.09 Å². The van der Waals surface area contributed by atoms with Crippen LogP contribution in [0.4, 0.5) is 4.79 Å². The summed E-state index contributed by atoms with van der Waals surface area (Å²) in [5.41, 5.74) is 1.76. The fourth-order valence-corrected chi connectivity index (χ4v) is 1.54. The highest BCUT2D eigenvalue weighted by Gasteiger charge is 2.16. The second-order valence-electron chi connectivity index (χ2n) is 3.90. The number of carbonyl (C=O) groups excluding carboxylic acids is 1. The summed E-state index contributed by atoms with van der Waals surface area (Å²) in [6, 6.07) is 3.33. The maximum absolute atomic E-state index is 11.8. The molecule has 0 saturated heterocycles. The van der Waals surface area contributed by atoms with Crippen molar-refractivity contribution in [2.24, 2.45) is 0 Å². The van der Waals surface area contributed by atoms with E-state index in [0.717, 1.165) is 11.1 Å². The third-order valence-electron chi connectivity index (χ3n) is 2.87. The van der Waals surface area contributed by atoms with E-state index in [2.05, 4.69) is 0 Å². The molecule has 4 heteroatoms. The van der Waals surface area contributed by atoms with Crippen molar-refractivity contribution in [1.29, 1.82) is 0 Å². The Labute approximate surface area is 102 Å². The molecule has 0 atom stereocenters. The fourth-order valence-electron chi connectivity index (χ4n) is 1.54. The SMILES string of the molecule is CCN(CC)C(=O)Oc1c(O)ccc(C)c1C. The van der Waals surface area contributed by atoms with E-state index >= 15 is 0 Å². The summed E-state index contributed by atoms with van der Waals surface area (Å²) >= 11 is 0. The van der Waals surface area contributed by atoms with Gasteiger partial charge in [0.1, 0.15) is 0 Å². The molecule has 0 saturated carbocycles. The lowest BCUT2D eigenvalue weighted by molar-refractivity contribution is 0.155. The summed E-state index contributed by atoms with van der Waals surface area (Å²) in [5, 5.41) is 9.70. The third-order valence-corrected chi connectivity index (χ3v) is 2.87. The molecule has 0 fully saturated rings. The lowest BCUT2D eigenvalue weighted by Gasteiger charge is -2.19. The zero-order chi connectivity index (χ0) is 13.0. The summed E-state index contributed by atoms with van der Waals surface area (Å²) < 4.78 is 5.24. The first-order chi connectivity index (χ1) is 8.01. The lowest BCUT2D eigenvalue weighted by Crippen LogP contribution is -2.33. The van der Waals surface area contributed by atoms with Crippen LogP contribution < -0.4 is 4.74 Å². The first kappa shape index (κ1) is 13.4. The van der Waals surface area contributed by atoms with Gasteiger partial charge in [-0.15, -0.1) is 0 Å². The highest BCUT2D eigenvalue weighted by molar-refractivity contribution is 5.72. The number of nitrogens with zero attached hydrogens (tertiary/aromatic N) is 1. The van der Waals surface area contributed by atoms with Crippen LogP contribution in [0.15, 0.2) is 12.1 Å². The molecule has 94 valence electrons. The first-order valence-electron chi connectivity index (χ1n) is 5.77. The Morgan fingerprint density at radius 3 is 2.41 bits per heavy atom. The van der Waals surface area contributed by atoms with E-state index in [4.69, 9.17) is 4.74 Å². The first-order valence-corrected chi connectivity index (χ1v) is 5.77. The zero-order valence-electron chi connectivity index (χ0n) is 10.8. The molecule has 1 aromatic carbocycles. The topological polar surface area (TPSA) is 49.8 Å². The predicted octanol–water partition coefficient (Wildman–Crippen LogP) is 2.85. The van der Waals surface area contributed by atoms with Gasteiger partial charge in [-0.25, -0.2) is 4.79 Å². The average molecular weight is 237 g/mol. The standard InChI is InChI=1S/C13H19NO3/c1-5-14(6-2)13(16)17-12-10(4)9(3)7-8-11(12)15/h7-8,15H,5-6H2,1-4H3. The zero-order valence-corrected chi connectivity index (χ0v) is 10.8. The second-order valence-corrected chi connectivity index (χ2v) is 3.90. The number of carbonyl (C=O) groups is 1. The average Bonchev–Trinajstić information content (AvgIpc) is 2.31. The molecule has 1 aromatic rings. The van der Waals surface area contributed by atoms with Crippen molar-refractivity contribution in [2.45, 2.75) is 27.7 Å². The molecule has 0 aliphatic heterocycles.